The molecule has 0 aromatic heterocycles. The van der Waals surface area contributed by atoms with Gasteiger partial charge in [-0.25, -0.2) is 4.39 Å². The highest BCUT2D eigenvalue weighted by Gasteiger charge is 2.18. The number of aliphatic hydroxyl groups is 1. The van der Waals surface area contributed by atoms with Crippen LogP contribution in [0.2, 0.25) is 0 Å². The van der Waals surface area contributed by atoms with E-state index in [0.717, 1.165) is 0 Å². The van der Waals surface area contributed by atoms with Gasteiger partial charge in [-0.05, 0) is 30.7 Å². The first-order chi connectivity index (χ1) is 8.16. The molecule has 0 fully saturated rings. The molecule has 1 aliphatic carbocycles. The molecule has 0 unspecified atom stereocenters. The van der Waals surface area contributed by atoms with Crippen LogP contribution in [0.3, 0.4) is 0 Å². The third-order valence-electron chi connectivity index (χ3n) is 2.60. The van der Waals surface area contributed by atoms with Crippen LogP contribution in [0.4, 0.5) is 10.1 Å². The van der Waals surface area contributed by atoms with Crippen LogP contribution in [-0.2, 0) is 4.79 Å². The van der Waals surface area contributed by atoms with Crippen molar-refractivity contribution < 1.29 is 14.3 Å². The molecule has 0 heterocycles. The number of allylic oxidation sites excluding steroid dienone is 2. The van der Waals surface area contributed by atoms with Gasteiger partial charge in [0.25, 0.3) is 0 Å². The highest BCUT2D eigenvalue weighted by atomic mass is 19.1. The van der Waals surface area contributed by atoms with Gasteiger partial charge >= 0.3 is 0 Å². The molecular formula is C13H12FNO2. The van der Waals surface area contributed by atoms with Gasteiger partial charge in [0.05, 0.1) is 11.3 Å². The van der Waals surface area contributed by atoms with Crippen LogP contribution in [0.15, 0.2) is 40.6 Å². The molecule has 2 rings (SSSR count). The second-order valence-electron chi connectivity index (χ2n) is 3.87. The maximum atomic E-state index is 12.7. The third kappa shape index (κ3) is 2.78. The summed E-state index contributed by atoms with van der Waals surface area (Å²) in [4.78, 5) is 15.6. The predicted molar refractivity (Wildman–Crippen MR) is 63.1 cm³/mol. The molecule has 0 atom stereocenters. The van der Waals surface area contributed by atoms with Crippen molar-refractivity contribution in [3.63, 3.8) is 0 Å². The zero-order valence-electron chi connectivity index (χ0n) is 9.19. The van der Waals surface area contributed by atoms with Crippen molar-refractivity contribution in [3.8, 4) is 0 Å². The Morgan fingerprint density at radius 3 is 2.59 bits per heavy atom. The van der Waals surface area contributed by atoms with Crippen LogP contribution >= 0.6 is 0 Å². The molecule has 0 radical (unpaired) electrons. The fraction of sp³-hybridized carbons (Fsp3) is 0.231. The molecular weight excluding hydrogens is 221 g/mol. The Morgan fingerprint density at radius 1 is 1.24 bits per heavy atom. The molecule has 1 aromatic rings. The lowest BCUT2D eigenvalue weighted by Crippen LogP contribution is -2.12. The Kier molecular flexibility index (Phi) is 3.32. The van der Waals surface area contributed by atoms with Crippen LogP contribution in [0.25, 0.3) is 0 Å². The molecule has 17 heavy (non-hydrogen) atoms. The Morgan fingerprint density at radius 2 is 1.94 bits per heavy atom. The lowest BCUT2D eigenvalue weighted by Gasteiger charge is -2.11. The van der Waals surface area contributed by atoms with Gasteiger partial charge in [0.15, 0.2) is 5.78 Å². The molecule has 1 N–H and O–H groups in total. The van der Waals surface area contributed by atoms with Crippen LogP contribution in [0, 0.1) is 5.82 Å². The number of hydrogen-bond acceptors (Lipinski definition) is 3. The van der Waals surface area contributed by atoms with Gasteiger partial charge in [0.2, 0.25) is 0 Å². The molecule has 1 aromatic carbocycles. The molecule has 88 valence electrons. The SMILES string of the molecule is O=C1CCCC(O)=C1C=Nc1ccc(F)cc1. The fourth-order valence-corrected chi connectivity index (χ4v) is 1.66. The molecule has 0 spiro atoms. The summed E-state index contributed by atoms with van der Waals surface area (Å²) in [6.07, 6.45) is 2.98. The Labute approximate surface area is 98.3 Å². The number of carbonyl (C=O) groups is 1. The van der Waals surface area contributed by atoms with E-state index in [-0.39, 0.29) is 22.9 Å². The third-order valence-corrected chi connectivity index (χ3v) is 2.60. The van der Waals surface area contributed by atoms with Crippen LogP contribution in [0.5, 0.6) is 0 Å². The summed E-state index contributed by atoms with van der Waals surface area (Å²) in [6.45, 7) is 0. The van der Waals surface area contributed by atoms with E-state index in [2.05, 4.69) is 4.99 Å². The molecule has 0 saturated carbocycles. The van der Waals surface area contributed by atoms with Gasteiger partial charge < -0.3 is 5.11 Å². The number of benzene rings is 1. The highest BCUT2D eigenvalue weighted by Crippen LogP contribution is 2.20. The van der Waals surface area contributed by atoms with Crippen molar-refractivity contribution in [2.75, 3.05) is 0 Å². The van der Waals surface area contributed by atoms with Crippen molar-refractivity contribution in [1.82, 2.24) is 0 Å². The second kappa shape index (κ2) is 4.91. The van der Waals surface area contributed by atoms with Crippen molar-refractivity contribution in [1.29, 1.82) is 0 Å². The zero-order valence-corrected chi connectivity index (χ0v) is 9.19. The van der Waals surface area contributed by atoms with E-state index in [9.17, 15) is 14.3 Å². The van der Waals surface area contributed by atoms with Gasteiger partial charge in [-0.2, -0.15) is 0 Å². The quantitative estimate of drug-likeness (QED) is 0.798. The lowest BCUT2D eigenvalue weighted by atomic mass is 9.97. The van der Waals surface area contributed by atoms with E-state index in [0.29, 0.717) is 24.9 Å². The maximum Gasteiger partial charge on any atom is 0.167 e. The van der Waals surface area contributed by atoms with Gasteiger partial charge in [-0.15, -0.1) is 0 Å². The van der Waals surface area contributed by atoms with Gasteiger partial charge in [-0.1, -0.05) is 0 Å². The fourth-order valence-electron chi connectivity index (χ4n) is 1.66. The molecule has 0 amide bonds. The normalized spacial score (nSPS) is 16.9. The van der Waals surface area contributed by atoms with Crippen molar-refractivity contribution in [2.24, 2.45) is 4.99 Å². The largest absolute Gasteiger partial charge is 0.512 e. The van der Waals surface area contributed by atoms with Gasteiger partial charge in [0, 0.05) is 19.1 Å². The first kappa shape index (κ1) is 11.5. The summed E-state index contributed by atoms with van der Waals surface area (Å²) in [7, 11) is 0. The Bertz CT molecular complexity index is 489. The van der Waals surface area contributed by atoms with Gasteiger partial charge in [-0.3, -0.25) is 9.79 Å². The van der Waals surface area contributed by atoms with E-state index in [1.54, 1.807) is 0 Å². The molecule has 0 bridgehead atoms. The summed E-state index contributed by atoms with van der Waals surface area (Å²) in [5.74, 6) is -0.341. The number of carbonyl (C=O) groups excluding carboxylic acids is 1. The monoisotopic (exact) mass is 233 g/mol. The van der Waals surface area contributed by atoms with Crippen molar-refractivity contribution in [2.45, 2.75) is 19.3 Å². The number of ketones is 1. The first-order valence-corrected chi connectivity index (χ1v) is 5.42. The number of rotatable bonds is 2. The minimum absolute atomic E-state index is 0.0899. The van der Waals surface area contributed by atoms with E-state index in [1.807, 2.05) is 0 Å². The summed E-state index contributed by atoms with van der Waals surface area (Å²) in [5, 5.41) is 9.57. The summed E-state index contributed by atoms with van der Waals surface area (Å²) < 4.78 is 12.7. The van der Waals surface area contributed by atoms with Crippen LogP contribution in [-0.4, -0.2) is 17.1 Å². The first-order valence-electron chi connectivity index (χ1n) is 5.42. The van der Waals surface area contributed by atoms with Gasteiger partial charge in [0.1, 0.15) is 11.6 Å². The highest BCUT2D eigenvalue weighted by molar-refractivity contribution is 6.14. The number of halogens is 1. The number of nitrogens with zero attached hydrogens (tertiary/aromatic N) is 1. The summed E-state index contributed by atoms with van der Waals surface area (Å²) in [6, 6.07) is 5.61. The second-order valence-corrected chi connectivity index (χ2v) is 3.87. The zero-order chi connectivity index (χ0) is 12.3. The predicted octanol–water partition coefficient (Wildman–Crippen LogP) is 3.09. The number of Topliss-reactive ketones (excluding diaryl/α,β-unsaturated/α-hetero) is 1. The van der Waals surface area contributed by atoms with Crippen molar-refractivity contribution >= 4 is 17.7 Å². The standard InChI is InChI=1S/C13H12FNO2/c14-9-4-6-10(7-5-9)15-8-11-12(16)2-1-3-13(11)17/h4-8,16H,1-3H2. The molecule has 0 aliphatic heterocycles. The topological polar surface area (TPSA) is 49.7 Å². The Hall–Kier alpha value is -1.97. The van der Waals surface area contributed by atoms with E-state index in [1.165, 1.54) is 30.5 Å². The van der Waals surface area contributed by atoms with Crippen LogP contribution < -0.4 is 0 Å². The molecule has 4 heteroatoms. The van der Waals surface area contributed by atoms with Crippen LogP contribution in [0.1, 0.15) is 19.3 Å². The number of aliphatic hydroxyl groups excluding tert-OH is 1. The smallest absolute Gasteiger partial charge is 0.167 e. The Balaban J connectivity index is 2.20. The van der Waals surface area contributed by atoms with E-state index in [4.69, 9.17) is 0 Å². The van der Waals surface area contributed by atoms with Crippen molar-refractivity contribution in [3.05, 3.63) is 41.4 Å². The molecule has 1 aliphatic rings. The minimum Gasteiger partial charge on any atom is -0.512 e. The van der Waals surface area contributed by atoms with E-state index >= 15 is 0 Å². The summed E-state index contributed by atoms with van der Waals surface area (Å²) in [5.41, 5.74) is 0.811. The minimum atomic E-state index is -0.334. The maximum absolute atomic E-state index is 12.7. The summed E-state index contributed by atoms with van der Waals surface area (Å²) >= 11 is 0. The number of hydrogen-bond donors (Lipinski definition) is 1. The average molecular weight is 233 g/mol. The van der Waals surface area contributed by atoms with E-state index < -0.39 is 0 Å². The molecule has 3 nitrogen and oxygen atoms in total. The molecule has 0 saturated heterocycles. The lowest BCUT2D eigenvalue weighted by molar-refractivity contribution is -0.115. The average Bonchev–Trinajstić information content (AvgIpc) is 2.31. The number of aliphatic imine (C=N–C) groups is 1.